The average Bonchev–Trinajstić information content (AvgIpc) is 3.07. The molecule has 1 heterocycles. The smallest absolute Gasteiger partial charge is 0.279 e. The second kappa shape index (κ2) is 7.42. The van der Waals surface area contributed by atoms with Crippen LogP contribution in [0.3, 0.4) is 0 Å². The van der Waals surface area contributed by atoms with Gasteiger partial charge in [0.15, 0.2) is 5.11 Å². The van der Waals surface area contributed by atoms with Gasteiger partial charge in [0.25, 0.3) is 17.5 Å². The van der Waals surface area contributed by atoms with Crippen molar-refractivity contribution in [1.29, 1.82) is 0 Å². The third kappa shape index (κ3) is 4.56. The quantitative estimate of drug-likeness (QED) is 0.440. The molecule has 2 rings (SSSR count). The Hall–Kier alpha value is -2.85. The van der Waals surface area contributed by atoms with Gasteiger partial charge in [0.1, 0.15) is 0 Å². The fraction of sp³-hybridized carbons (Fsp3) is 0. The lowest BCUT2D eigenvalue weighted by molar-refractivity contribution is -0.384. The van der Waals surface area contributed by atoms with Crippen molar-refractivity contribution in [1.82, 2.24) is 16.2 Å². The van der Waals surface area contributed by atoms with Crippen LogP contribution in [0.5, 0.6) is 0 Å². The largest absolute Gasteiger partial charge is 0.298 e. The molecule has 8 nitrogen and oxygen atoms in total. The normalized spacial score (nSPS) is 9.74. The zero-order valence-corrected chi connectivity index (χ0v) is 13.1. The molecule has 0 radical (unpaired) electrons. The molecule has 0 aliphatic rings. The van der Waals surface area contributed by atoms with Crippen LogP contribution in [0.15, 0.2) is 41.8 Å². The van der Waals surface area contributed by atoms with Gasteiger partial charge in [0.05, 0.1) is 9.80 Å². The number of carbonyl (C=O) groups is 2. The van der Waals surface area contributed by atoms with E-state index in [9.17, 15) is 19.7 Å². The second-order valence-corrected chi connectivity index (χ2v) is 5.50. The zero-order chi connectivity index (χ0) is 16.8. The molecule has 0 fully saturated rings. The number of carbonyl (C=O) groups excluding carboxylic acids is 2. The molecule has 0 aliphatic heterocycles. The number of amides is 2. The van der Waals surface area contributed by atoms with E-state index in [-0.39, 0.29) is 22.3 Å². The van der Waals surface area contributed by atoms with Gasteiger partial charge in [-0.15, -0.1) is 11.3 Å². The van der Waals surface area contributed by atoms with Crippen molar-refractivity contribution in [2.24, 2.45) is 0 Å². The zero-order valence-electron chi connectivity index (χ0n) is 11.4. The number of hydrogen-bond donors (Lipinski definition) is 3. The predicted molar refractivity (Wildman–Crippen MR) is 88.1 cm³/mol. The fourth-order valence-corrected chi connectivity index (χ4v) is 2.29. The summed E-state index contributed by atoms with van der Waals surface area (Å²) in [6, 6.07) is 8.41. The third-order valence-electron chi connectivity index (χ3n) is 2.60. The van der Waals surface area contributed by atoms with Crippen LogP contribution in [0.1, 0.15) is 20.0 Å². The van der Waals surface area contributed by atoms with Crippen molar-refractivity contribution in [3.05, 3.63) is 62.3 Å². The minimum Gasteiger partial charge on any atom is -0.298 e. The minimum absolute atomic E-state index is 0.0988. The van der Waals surface area contributed by atoms with Crippen molar-refractivity contribution in [2.75, 3.05) is 0 Å². The Morgan fingerprint density at radius 3 is 2.35 bits per heavy atom. The van der Waals surface area contributed by atoms with Crippen LogP contribution in [0.2, 0.25) is 0 Å². The summed E-state index contributed by atoms with van der Waals surface area (Å²) in [5.74, 6) is -0.935. The fourth-order valence-electron chi connectivity index (χ4n) is 1.52. The first kappa shape index (κ1) is 16.5. The maximum atomic E-state index is 11.9. The van der Waals surface area contributed by atoms with Crippen LogP contribution >= 0.6 is 23.6 Å². The number of nitro groups is 1. The highest BCUT2D eigenvalue weighted by Gasteiger charge is 2.11. The van der Waals surface area contributed by atoms with Crippen LogP contribution in [0.25, 0.3) is 0 Å². The Kier molecular flexibility index (Phi) is 5.33. The Bertz CT molecular complexity index is 744. The summed E-state index contributed by atoms with van der Waals surface area (Å²) in [6.07, 6.45) is 0. The van der Waals surface area contributed by atoms with E-state index in [4.69, 9.17) is 12.2 Å². The summed E-state index contributed by atoms with van der Waals surface area (Å²) in [5.41, 5.74) is 4.82. The van der Waals surface area contributed by atoms with E-state index in [2.05, 4.69) is 16.2 Å². The predicted octanol–water partition coefficient (Wildman–Crippen LogP) is 1.61. The van der Waals surface area contributed by atoms with E-state index in [1.54, 1.807) is 17.5 Å². The molecule has 0 saturated heterocycles. The van der Waals surface area contributed by atoms with Crippen molar-refractivity contribution in [3.8, 4) is 0 Å². The van der Waals surface area contributed by atoms with Gasteiger partial charge < -0.3 is 0 Å². The van der Waals surface area contributed by atoms with E-state index < -0.39 is 10.8 Å². The molecule has 1 aromatic carbocycles. The second-order valence-electron chi connectivity index (χ2n) is 4.14. The molecule has 0 unspecified atom stereocenters. The standard InChI is InChI=1S/C13H10N4O4S2/c18-11(8-3-5-9(6-4-8)17(20)21)14-13(22)16-15-12(19)10-2-1-7-23-10/h1-7H,(H,15,19)(H2,14,16,18,22). The molecule has 10 heteroatoms. The van der Waals surface area contributed by atoms with Gasteiger partial charge in [0, 0.05) is 17.7 Å². The number of nitrogens with zero attached hydrogens (tertiary/aromatic N) is 1. The summed E-state index contributed by atoms with van der Waals surface area (Å²) >= 11 is 6.14. The lowest BCUT2D eigenvalue weighted by Gasteiger charge is -2.10. The summed E-state index contributed by atoms with van der Waals surface area (Å²) in [5, 5.41) is 14.5. The van der Waals surface area contributed by atoms with E-state index in [1.165, 1.54) is 35.6 Å². The number of nitrogens with one attached hydrogen (secondary N) is 3. The molecule has 1 aromatic heterocycles. The van der Waals surface area contributed by atoms with Crippen molar-refractivity contribution in [3.63, 3.8) is 0 Å². The summed E-state index contributed by atoms with van der Waals surface area (Å²) in [6.45, 7) is 0. The minimum atomic E-state index is -0.562. The number of hydrogen-bond acceptors (Lipinski definition) is 6. The van der Waals surface area contributed by atoms with Gasteiger partial charge in [-0.1, -0.05) is 6.07 Å². The summed E-state index contributed by atoms with van der Waals surface area (Å²) < 4.78 is 0. The highest BCUT2D eigenvalue weighted by molar-refractivity contribution is 7.80. The van der Waals surface area contributed by atoms with E-state index >= 15 is 0 Å². The Balaban J connectivity index is 1.86. The molecular formula is C13H10N4O4S2. The molecule has 0 saturated carbocycles. The first-order valence-electron chi connectivity index (χ1n) is 6.17. The van der Waals surface area contributed by atoms with E-state index in [0.29, 0.717) is 4.88 Å². The first-order chi connectivity index (χ1) is 11.0. The lowest BCUT2D eigenvalue weighted by Crippen LogP contribution is -2.48. The lowest BCUT2D eigenvalue weighted by atomic mass is 10.2. The van der Waals surface area contributed by atoms with Crippen molar-refractivity contribution in [2.45, 2.75) is 0 Å². The summed E-state index contributed by atoms with van der Waals surface area (Å²) in [4.78, 5) is 34.0. The number of rotatable bonds is 3. The molecule has 118 valence electrons. The first-order valence-corrected chi connectivity index (χ1v) is 7.46. The van der Waals surface area contributed by atoms with Crippen LogP contribution in [0.4, 0.5) is 5.69 Å². The summed E-state index contributed by atoms with van der Waals surface area (Å²) in [7, 11) is 0. The monoisotopic (exact) mass is 350 g/mol. The molecule has 3 N–H and O–H groups in total. The maximum Gasteiger partial charge on any atom is 0.279 e. The molecular weight excluding hydrogens is 340 g/mol. The van der Waals surface area contributed by atoms with E-state index in [1.807, 2.05) is 0 Å². The highest BCUT2D eigenvalue weighted by Crippen LogP contribution is 2.11. The van der Waals surface area contributed by atoms with Gasteiger partial charge in [0.2, 0.25) is 0 Å². The van der Waals surface area contributed by atoms with Gasteiger partial charge in [-0.05, 0) is 35.8 Å². The maximum absolute atomic E-state index is 11.9. The number of non-ortho nitro benzene ring substituents is 1. The molecule has 0 aliphatic carbocycles. The average molecular weight is 350 g/mol. The van der Waals surface area contributed by atoms with Crippen molar-refractivity contribution < 1.29 is 14.5 Å². The Morgan fingerprint density at radius 1 is 1.09 bits per heavy atom. The molecule has 23 heavy (non-hydrogen) atoms. The molecule has 2 aromatic rings. The van der Waals surface area contributed by atoms with Gasteiger partial charge in [-0.25, -0.2) is 0 Å². The number of hydrazine groups is 1. The van der Waals surface area contributed by atoms with Crippen LogP contribution in [-0.4, -0.2) is 21.9 Å². The highest BCUT2D eigenvalue weighted by atomic mass is 32.1. The molecule has 2 amide bonds. The Labute approximate surface area is 139 Å². The molecule has 0 spiro atoms. The van der Waals surface area contributed by atoms with Crippen LogP contribution < -0.4 is 16.2 Å². The number of thiocarbonyl (C=S) groups is 1. The Morgan fingerprint density at radius 2 is 1.78 bits per heavy atom. The van der Waals surface area contributed by atoms with Gasteiger partial charge in [-0.3, -0.25) is 35.9 Å². The number of nitro benzene ring substituents is 1. The number of thiophene rings is 1. The van der Waals surface area contributed by atoms with Gasteiger partial charge >= 0.3 is 0 Å². The topological polar surface area (TPSA) is 113 Å². The van der Waals surface area contributed by atoms with Crippen LogP contribution in [-0.2, 0) is 0 Å². The van der Waals surface area contributed by atoms with Crippen LogP contribution in [0, 0.1) is 10.1 Å². The number of benzene rings is 1. The SMILES string of the molecule is O=C(NC(=S)NNC(=O)c1cccs1)c1ccc([N+](=O)[O-])cc1. The third-order valence-corrected chi connectivity index (χ3v) is 3.67. The van der Waals surface area contributed by atoms with E-state index in [0.717, 1.165) is 0 Å². The molecule has 0 bridgehead atoms. The molecule has 0 atom stereocenters. The van der Waals surface area contributed by atoms with Crippen molar-refractivity contribution >= 4 is 46.2 Å². The van der Waals surface area contributed by atoms with Gasteiger partial charge in [-0.2, -0.15) is 0 Å².